The first-order valence-electron chi connectivity index (χ1n) is 12.3. The van der Waals surface area contributed by atoms with Gasteiger partial charge in [-0.15, -0.1) is 0 Å². The highest BCUT2D eigenvalue weighted by molar-refractivity contribution is 9.10. The second kappa shape index (κ2) is 11.4. The lowest BCUT2D eigenvalue weighted by Crippen LogP contribution is -2.31. The topological polar surface area (TPSA) is 58.1 Å². The van der Waals surface area contributed by atoms with Crippen LogP contribution >= 0.6 is 15.9 Å². The maximum Gasteiger partial charge on any atom is 0.255 e. The number of rotatable bonds is 8. The van der Waals surface area contributed by atoms with E-state index in [4.69, 9.17) is 0 Å². The number of carbonyl (C=O) groups excluding carboxylic acids is 1. The summed E-state index contributed by atoms with van der Waals surface area (Å²) in [7, 11) is 0. The van der Waals surface area contributed by atoms with E-state index in [-0.39, 0.29) is 5.91 Å². The van der Waals surface area contributed by atoms with Gasteiger partial charge in [0.1, 0.15) is 12.1 Å². The number of hydrogen-bond donors (Lipinski definition) is 1. The van der Waals surface area contributed by atoms with E-state index in [2.05, 4.69) is 68.5 Å². The van der Waals surface area contributed by atoms with Crippen LogP contribution in [0.3, 0.4) is 0 Å². The monoisotopic (exact) mass is 550 g/mol. The van der Waals surface area contributed by atoms with Crippen LogP contribution in [0.5, 0.6) is 0 Å². The number of nitrogens with zero attached hydrogens (tertiary/aromatic N) is 3. The molecule has 1 amide bonds. The van der Waals surface area contributed by atoms with Crippen molar-refractivity contribution in [1.29, 1.82) is 0 Å². The molecule has 0 saturated heterocycles. The van der Waals surface area contributed by atoms with Crippen molar-refractivity contribution in [3.8, 4) is 11.1 Å². The SMILES string of the molecule is CCCN(Cc1cccc(-c2ccc3ncnc(Nc4ccccc4)c3c2)c1)C(=O)c1ccccc1Br. The van der Waals surface area contributed by atoms with Crippen LogP contribution < -0.4 is 5.32 Å². The first-order valence-corrected chi connectivity index (χ1v) is 13.1. The van der Waals surface area contributed by atoms with Crippen LogP contribution in [0.15, 0.2) is 108 Å². The third kappa shape index (κ3) is 5.70. The average molecular weight is 551 g/mol. The van der Waals surface area contributed by atoms with Crippen molar-refractivity contribution in [3.05, 3.63) is 119 Å². The summed E-state index contributed by atoms with van der Waals surface area (Å²) in [4.78, 5) is 24.2. The highest BCUT2D eigenvalue weighted by Gasteiger charge is 2.18. The Balaban J connectivity index is 1.44. The van der Waals surface area contributed by atoms with E-state index in [0.29, 0.717) is 18.7 Å². The number of hydrogen-bond acceptors (Lipinski definition) is 4. The van der Waals surface area contributed by atoms with Crippen LogP contribution in [-0.2, 0) is 6.54 Å². The molecule has 0 atom stereocenters. The highest BCUT2D eigenvalue weighted by atomic mass is 79.9. The lowest BCUT2D eigenvalue weighted by molar-refractivity contribution is 0.0742. The van der Waals surface area contributed by atoms with E-state index >= 15 is 0 Å². The minimum Gasteiger partial charge on any atom is -0.340 e. The minimum absolute atomic E-state index is 0.0270. The Labute approximate surface area is 225 Å². The summed E-state index contributed by atoms with van der Waals surface area (Å²) in [5, 5.41) is 4.36. The number of amides is 1. The zero-order chi connectivity index (χ0) is 25.6. The molecular formula is C31H27BrN4O. The summed E-state index contributed by atoms with van der Waals surface area (Å²) in [6, 6.07) is 32.2. The number of anilines is 2. The molecule has 0 unspecified atom stereocenters. The molecule has 1 aromatic heterocycles. The molecule has 0 aliphatic carbocycles. The number of benzene rings is 4. The largest absolute Gasteiger partial charge is 0.340 e. The maximum atomic E-state index is 13.3. The van der Waals surface area contributed by atoms with Crippen molar-refractivity contribution < 1.29 is 4.79 Å². The van der Waals surface area contributed by atoms with Crippen molar-refractivity contribution >= 4 is 44.2 Å². The third-order valence-corrected chi connectivity index (χ3v) is 6.88. The molecule has 0 spiro atoms. The molecule has 4 aromatic carbocycles. The van der Waals surface area contributed by atoms with Crippen molar-refractivity contribution in [1.82, 2.24) is 14.9 Å². The Bertz CT molecular complexity index is 1540. The molecule has 37 heavy (non-hydrogen) atoms. The number of aromatic nitrogens is 2. The van der Waals surface area contributed by atoms with Crippen molar-refractivity contribution in [2.24, 2.45) is 0 Å². The van der Waals surface area contributed by atoms with Gasteiger partial charge in [0.05, 0.1) is 11.1 Å². The Morgan fingerprint density at radius 1 is 0.865 bits per heavy atom. The number of carbonyl (C=O) groups is 1. The molecule has 0 saturated carbocycles. The Hall–Kier alpha value is -4.03. The van der Waals surface area contributed by atoms with Gasteiger partial charge in [0, 0.05) is 28.6 Å². The zero-order valence-corrected chi connectivity index (χ0v) is 22.2. The van der Waals surface area contributed by atoms with E-state index in [0.717, 1.165) is 50.0 Å². The van der Waals surface area contributed by atoms with Gasteiger partial charge in [0.25, 0.3) is 5.91 Å². The first-order chi connectivity index (χ1) is 18.1. The average Bonchev–Trinajstić information content (AvgIpc) is 2.93. The predicted octanol–water partition coefficient (Wildman–Crippen LogP) is 7.86. The fraction of sp³-hybridized carbons (Fsp3) is 0.129. The summed E-state index contributed by atoms with van der Waals surface area (Å²) in [6.45, 7) is 3.32. The number of nitrogens with one attached hydrogen (secondary N) is 1. The van der Waals surface area contributed by atoms with Gasteiger partial charge in [-0.1, -0.05) is 61.5 Å². The molecule has 1 N–H and O–H groups in total. The van der Waals surface area contributed by atoms with E-state index in [1.807, 2.05) is 71.6 Å². The number of halogens is 1. The molecule has 6 heteroatoms. The first kappa shape index (κ1) is 24.7. The number of fused-ring (bicyclic) bond motifs is 1. The van der Waals surface area contributed by atoms with Gasteiger partial charge >= 0.3 is 0 Å². The lowest BCUT2D eigenvalue weighted by Gasteiger charge is -2.23. The van der Waals surface area contributed by atoms with Crippen molar-refractivity contribution in [2.45, 2.75) is 19.9 Å². The van der Waals surface area contributed by atoms with E-state index in [1.165, 1.54) is 0 Å². The predicted molar refractivity (Wildman–Crippen MR) is 154 cm³/mol. The Morgan fingerprint density at radius 3 is 2.46 bits per heavy atom. The van der Waals surface area contributed by atoms with E-state index in [1.54, 1.807) is 6.33 Å². The van der Waals surface area contributed by atoms with Gasteiger partial charge in [-0.2, -0.15) is 0 Å². The van der Waals surface area contributed by atoms with Crippen LogP contribution in [0, 0.1) is 0 Å². The molecule has 0 bridgehead atoms. The van der Waals surface area contributed by atoms with Gasteiger partial charge in [0.2, 0.25) is 0 Å². The van der Waals surface area contributed by atoms with Crippen molar-refractivity contribution in [2.75, 3.05) is 11.9 Å². The van der Waals surface area contributed by atoms with Gasteiger partial charge in [0.15, 0.2) is 0 Å². The quantitative estimate of drug-likeness (QED) is 0.213. The molecular weight excluding hydrogens is 524 g/mol. The maximum absolute atomic E-state index is 13.3. The van der Waals surface area contributed by atoms with Crippen LogP contribution in [0.1, 0.15) is 29.3 Å². The summed E-state index contributed by atoms with van der Waals surface area (Å²) in [6.07, 6.45) is 2.47. The summed E-state index contributed by atoms with van der Waals surface area (Å²) >= 11 is 3.53. The van der Waals surface area contributed by atoms with Gasteiger partial charge in [-0.05, 0) is 81.5 Å². The molecule has 0 fully saturated rings. The number of para-hydroxylation sites is 1. The molecule has 5 rings (SSSR count). The Morgan fingerprint density at radius 2 is 1.65 bits per heavy atom. The molecule has 5 aromatic rings. The fourth-order valence-electron chi connectivity index (χ4n) is 4.39. The summed E-state index contributed by atoms with van der Waals surface area (Å²) < 4.78 is 0.813. The van der Waals surface area contributed by atoms with E-state index in [9.17, 15) is 4.79 Å². The lowest BCUT2D eigenvalue weighted by atomic mass is 10.0. The Kier molecular flexibility index (Phi) is 7.57. The summed E-state index contributed by atoms with van der Waals surface area (Å²) in [5.74, 6) is 0.793. The second-order valence-electron chi connectivity index (χ2n) is 8.85. The fourth-order valence-corrected chi connectivity index (χ4v) is 4.85. The minimum atomic E-state index is 0.0270. The van der Waals surface area contributed by atoms with Crippen molar-refractivity contribution in [3.63, 3.8) is 0 Å². The third-order valence-electron chi connectivity index (χ3n) is 6.19. The van der Waals surface area contributed by atoms with Gasteiger partial charge < -0.3 is 10.2 Å². The second-order valence-corrected chi connectivity index (χ2v) is 9.71. The molecule has 184 valence electrons. The van der Waals surface area contributed by atoms with E-state index < -0.39 is 0 Å². The van der Waals surface area contributed by atoms with Crippen LogP contribution in [0.25, 0.3) is 22.0 Å². The molecule has 5 nitrogen and oxygen atoms in total. The standard InChI is InChI=1S/C31H27BrN4O/c1-2-17-36(31(37)26-13-6-7-14-28(26)32)20-22-9-8-10-23(18-22)24-15-16-29-27(19-24)30(34-21-33-29)35-25-11-4-3-5-12-25/h3-16,18-19,21H,2,17,20H2,1H3,(H,33,34,35). The van der Waals surface area contributed by atoms with Gasteiger partial charge in [-0.25, -0.2) is 9.97 Å². The highest BCUT2D eigenvalue weighted by Crippen LogP contribution is 2.29. The molecule has 1 heterocycles. The van der Waals surface area contributed by atoms with Crippen LogP contribution in [0.2, 0.25) is 0 Å². The van der Waals surface area contributed by atoms with Gasteiger partial charge in [-0.3, -0.25) is 4.79 Å². The molecule has 0 aliphatic rings. The smallest absolute Gasteiger partial charge is 0.255 e. The molecule has 0 radical (unpaired) electrons. The van der Waals surface area contributed by atoms with Crippen LogP contribution in [0.4, 0.5) is 11.5 Å². The zero-order valence-electron chi connectivity index (χ0n) is 20.6. The summed E-state index contributed by atoms with van der Waals surface area (Å²) in [5.41, 5.74) is 5.76. The normalized spacial score (nSPS) is 10.9. The molecule has 0 aliphatic heterocycles. The van der Waals surface area contributed by atoms with Crippen LogP contribution in [-0.4, -0.2) is 27.3 Å².